The number of pyridine rings is 2. The average molecular weight is 243 g/mol. The Morgan fingerprint density at radius 2 is 2.12 bits per heavy atom. The van der Waals surface area contributed by atoms with Crippen LogP contribution in [0.1, 0.15) is 16.1 Å². The lowest BCUT2D eigenvalue weighted by Gasteiger charge is -2.02. The largest absolute Gasteiger partial charge is 0.304 e. The first-order chi connectivity index (χ1) is 8.16. The minimum absolute atomic E-state index is 0.155. The Morgan fingerprint density at radius 1 is 1.29 bits per heavy atom. The molecule has 2 aromatic heterocycles. The maximum Gasteiger partial charge on any atom is 0.275 e. The van der Waals surface area contributed by atoms with Crippen LogP contribution in [0.25, 0.3) is 0 Å². The lowest BCUT2D eigenvalue weighted by atomic mass is 9.67. The van der Waals surface area contributed by atoms with Gasteiger partial charge in [-0.25, -0.2) is 0 Å². The van der Waals surface area contributed by atoms with Crippen molar-refractivity contribution in [3.63, 3.8) is 0 Å². The predicted molar refractivity (Wildman–Crippen MR) is 67.9 cm³/mol. The summed E-state index contributed by atoms with van der Waals surface area (Å²) in [4.78, 5) is 20.0. The first kappa shape index (κ1) is 11.8. The minimum Gasteiger partial charge on any atom is -0.304 e. The molecule has 2 rings (SSSR count). The van der Waals surface area contributed by atoms with Crippen molar-refractivity contribution < 1.29 is 4.79 Å². The molecule has 0 unspecified atom stereocenters. The van der Waals surface area contributed by atoms with Gasteiger partial charge in [0.25, 0.3) is 7.28 Å². The normalized spacial score (nSPS) is 10.0. The highest BCUT2D eigenvalue weighted by Gasteiger charge is 2.13. The second-order valence-electron chi connectivity index (χ2n) is 3.58. The molecule has 3 nitrogen and oxygen atoms in total. The molecule has 0 saturated carbocycles. The van der Waals surface area contributed by atoms with Crippen LogP contribution in [-0.4, -0.2) is 22.9 Å². The highest BCUT2D eigenvalue weighted by Crippen LogP contribution is 2.04. The zero-order valence-electron chi connectivity index (χ0n) is 9.22. The summed E-state index contributed by atoms with van der Waals surface area (Å²) in [5.74, 6) is 0. The van der Waals surface area contributed by atoms with Crippen LogP contribution in [0.2, 0.25) is 5.02 Å². The molecule has 0 spiro atoms. The van der Waals surface area contributed by atoms with E-state index in [1.54, 1.807) is 24.4 Å². The van der Waals surface area contributed by atoms with Gasteiger partial charge in [0, 0.05) is 18.0 Å². The summed E-state index contributed by atoms with van der Waals surface area (Å²) >= 11 is 5.72. The molecule has 0 aliphatic heterocycles. The van der Waals surface area contributed by atoms with Gasteiger partial charge in [-0.05, 0) is 30.7 Å². The molecule has 0 fully saturated rings. The second-order valence-corrected chi connectivity index (χ2v) is 4.02. The van der Waals surface area contributed by atoms with E-state index in [-0.39, 0.29) is 5.68 Å². The van der Waals surface area contributed by atoms with Gasteiger partial charge >= 0.3 is 0 Å². The van der Waals surface area contributed by atoms with Crippen molar-refractivity contribution in [3.05, 3.63) is 52.9 Å². The Labute approximate surface area is 105 Å². The highest BCUT2D eigenvalue weighted by atomic mass is 35.5. The van der Waals surface area contributed by atoms with Crippen molar-refractivity contribution >= 4 is 30.2 Å². The fourth-order valence-corrected chi connectivity index (χ4v) is 1.53. The number of halogens is 1. The maximum absolute atomic E-state index is 11.9. The van der Waals surface area contributed by atoms with Gasteiger partial charge in [-0.2, -0.15) is 0 Å². The Kier molecular flexibility index (Phi) is 3.54. The molecule has 83 valence electrons. The molecule has 0 bridgehead atoms. The van der Waals surface area contributed by atoms with Gasteiger partial charge in [-0.1, -0.05) is 17.7 Å². The van der Waals surface area contributed by atoms with Crippen molar-refractivity contribution in [1.29, 1.82) is 0 Å². The first-order valence-electron chi connectivity index (χ1n) is 5.09. The van der Waals surface area contributed by atoms with Crippen molar-refractivity contribution in [1.82, 2.24) is 9.97 Å². The number of hydrogen-bond donors (Lipinski definition) is 0. The first-order valence-corrected chi connectivity index (χ1v) is 5.47. The molecule has 5 heteroatoms. The zero-order valence-corrected chi connectivity index (χ0v) is 9.98. The van der Waals surface area contributed by atoms with Crippen LogP contribution in [0, 0.1) is 6.92 Å². The van der Waals surface area contributed by atoms with Gasteiger partial charge in [0.2, 0.25) is 0 Å². The molecular formula is C12H9BClN2O. The Morgan fingerprint density at radius 3 is 2.76 bits per heavy atom. The lowest BCUT2D eigenvalue weighted by Crippen LogP contribution is -2.27. The van der Waals surface area contributed by atoms with E-state index in [9.17, 15) is 4.79 Å². The molecule has 0 amide bonds. The van der Waals surface area contributed by atoms with E-state index in [1.165, 1.54) is 13.5 Å². The molecule has 1 radical (unpaired) electrons. The monoisotopic (exact) mass is 243 g/mol. The zero-order chi connectivity index (χ0) is 12.3. The van der Waals surface area contributed by atoms with Gasteiger partial charge in [0.15, 0.2) is 0 Å². The van der Waals surface area contributed by atoms with Crippen LogP contribution in [0.3, 0.4) is 0 Å². The number of rotatable bonds is 3. The molecule has 0 aromatic carbocycles. The van der Waals surface area contributed by atoms with Gasteiger partial charge in [-0.15, -0.1) is 0 Å². The van der Waals surface area contributed by atoms with Gasteiger partial charge in [-0.3, -0.25) is 9.97 Å². The van der Waals surface area contributed by atoms with Crippen molar-refractivity contribution in [3.8, 4) is 0 Å². The van der Waals surface area contributed by atoms with E-state index in [2.05, 4.69) is 9.97 Å². The Hall–Kier alpha value is -1.68. The third-order valence-electron chi connectivity index (χ3n) is 2.27. The Balaban J connectivity index is 2.17. The number of aryl methyl sites for hydroxylation is 1. The van der Waals surface area contributed by atoms with E-state index >= 15 is 0 Å². The number of aromatic nitrogens is 2. The summed E-state index contributed by atoms with van der Waals surface area (Å²) in [6.07, 6.45) is 3.11. The fourth-order valence-electron chi connectivity index (χ4n) is 1.42. The number of hydrogen-bond acceptors (Lipinski definition) is 3. The summed E-state index contributed by atoms with van der Waals surface area (Å²) in [7, 11) is 1.45. The van der Waals surface area contributed by atoms with Gasteiger partial charge < -0.3 is 4.79 Å². The van der Waals surface area contributed by atoms with E-state index in [1.807, 2.05) is 13.0 Å². The third-order valence-corrected chi connectivity index (χ3v) is 2.50. The SMILES string of the molecule is Cc1cccnc1C(=O)[B]c1ccc(Cl)cn1. The van der Waals surface area contributed by atoms with Crippen LogP contribution in [-0.2, 0) is 0 Å². The molecule has 0 N–H and O–H groups in total. The smallest absolute Gasteiger partial charge is 0.275 e. The molecule has 17 heavy (non-hydrogen) atoms. The fraction of sp³-hybridized carbons (Fsp3) is 0.0833. The highest BCUT2D eigenvalue weighted by molar-refractivity contribution is 6.86. The second kappa shape index (κ2) is 5.10. The molecule has 0 aliphatic carbocycles. The Bertz CT molecular complexity index is 542. The van der Waals surface area contributed by atoms with Crippen LogP contribution in [0.4, 0.5) is 0 Å². The van der Waals surface area contributed by atoms with E-state index in [0.29, 0.717) is 16.3 Å². The van der Waals surface area contributed by atoms with Crippen LogP contribution in [0.15, 0.2) is 36.7 Å². The summed E-state index contributed by atoms with van der Waals surface area (Å²) < 4.78 is 0. The third kappa shape index (κ3) is 2.91. The number of carbonyl (C=O) groups excluding carboxylic acids is 1. The quantitative estimate of drug-likeness (QED) is 0.769. The van der Waals surface area contributed by atoms with Crippen molar-refractivity contribution in [2.24, 2.45) is 0 Å². The molecule has 2 aromatic rings. The summed E-state index contributed by atoms with van der Waals surface area (Å²) in [6.45, 7) is 1.85. The van der Waals surface area contributed by atoms with Crippen LogP contribution >= 0.6 is 11.6 Å². The average Bonchev–Trinajstić information content (AvgIpc) is 2.32. The maximum atomic E-state index is 11.9. The molecular weight excluding hydrogens is 234 g/mol. The molecule has 0 saturated heterocycles. The van der Waals surface area contributed by atoms with Crippen LogP contribution < -0.4 is 5.59 Å². The standard InChI is InChI=1S/C12H9BClN2O/c1-8-3-2-6-15-11(8)12(17)13-10-5-4-9(14)7-16-10/h2-7H,1H3. The lowest BCUT2D eigenvalue weighted by molar-refractivity contribution is 0.107. The van der Waals surface area contributed by atoms with E-state index < -0.39 is 0 Å². The van der Waals surface area contributed by atoms with E-state index in [4.69, 9.17) is 11.6 Å². The van der Waals surface area contributed by atoms with Crippen LogP contribution in [0.5, 0.6) is 0 Å². The molecule has 2 heterocycles. The predicted octanol–water partition coefficient (Wildman–Crippen LogP) is 1.61. The van der Waals surface area contributed by atoms with Gasteiger partial charge in [0.1, 0.15) is 5.68 Å². The van der Waals surface area contributed by atoms with Crippen molar-refractivity contribution in [2.75, 3.05) is 0 Å². The molecule has 0 atom stereocenters. The van der Waals surface area contributed by atoms with E-state index in [0.717, 1.165) is 5.56 Å². The molecule has 0 aliphatic rings. The summed E-state index contributed by atoms with van der Waals surface area (Å²) in [6, 6.07) is 7.04. The summed E-state index contributed by atoms with van der Waals surface area (Å²) in [5, 5.41) is 0.545. The van der Waals surface area contributed by atoms with Gasteiger partial charge in [0.05, 0.1) is 10.7 Å². The number of carbonyl (C=O) groups is 1. The number of nitrogens with zero attached hydrogens (tertiary/aromatic N) is 2. The summed E-state index contributed by atoms with van der Waals surface area (Å²) in [5.41, 5.74) is 1.72. The minimum atomic E-state index is -0.155. The van der Waals surface area contributed by atoms with Crippen molar-refractivity contribution in [2.45, 2.75) is 6.92 Å². The topological polar surface area (TPSA) is 42.9 Å².